The van der Waals surface area contributed by atoms with Crippen LogP contribution < -0.4 is 20.9 Å². The molecule has 0 aromatic carbocycles. The van der Waals surface area contributed by atoms with E-state index in [9.17, 15) is 4.79 Å². The number of nitrogens with two attached hydrogens (primary N) is 1. The molecule has 0 radical (unpaired) electrons. The van der Waals surface area contributed by atoms with Gasteiger partial charge in [-0.15, -0.1) is 0 Å². The van der Waals surface area contributed by atoms with E-state index in [-0.39, 0.29) is 0 Å². The highest BCUT2D eigenvalue weighted by atomic mass is 32.1. The number of aromatic nitrogens is 1. The number of aromatic amines is 1. The van der Waals surface area contributed by atoms with Gasteiger partial charge in [-0.25, -0.2) is 9.78 Å². The zero-order valence-corrected chi connectivity index (χ0v) is 8.42. The molecule has 0 fully saturated rings. The molecule has 0 bridgehead atoms. The SMILES string of the molecule is NC(=O)Nc1[nH+]ccs1.O=P([O-])(O)O. The van der Waals surface area contributed by atoms with Gasteiger partial charge < -0.3 is 20.4 Å². The van der Waals surface area contributed by atoms with Gasteiger partial charge in [-0.3, -0.25) is 4.57 Å². The van der Waals surface area contributed by atoms with E-state index in [2.05, 4.69) is 10.3 Å². The van der Waals surface area contributed by atoms with Crippen LogP contribution in [0.25, 0.3) is 0 Å². The molecule has 0 saturated carbocycles. The minimum absolute atomic E-state index is 0.547. The number of carbonyl (C=O) groups is 1. The van der Waals surface area contributed by atoms with Gasteiger partial charge in [-0.2, -0.15) is 5.32 Å². The van der Waals surface area contributed by atoms with Gasteiger partial charge in [0.1, 0.15) is 0 Å². The molecule has 0 aliphatic heterocycles. The van der Waals surface area contributed by atoms with Crippen LogP contribution in [0.15, 0.2) is 11.6 Å². The summed E-state index contributed by atoms with van der Waals surface area (Å²) < 4.78 is 8.77. The maximum atomic E-state index is 10.2. The van der Waals surface area contributed by atoms with E-state index in [0.29, 0.717) is 5.13 Å². The summed E-state index contributed by atoms with van der Waals surface area (Å²) in [6.45, 7) is 0. The second-order valence-electron chi connectivity index (χ2n) is 1.87. The minimum atomic E-state index is -4.89. The van der Waals surface area contributed by atoms with Crippen molar-refractivity contribution >= 4 is 30.3 Å². The van der Waals surface area contributed by atoms with Crippen molar-refractivity contribution in [3.63, 3.8) is 0 Å². The van der Waals surface area contributed by atoms with Gasteiger partial charge in [0, 0.05) is 5.38 Å². The fourth-order valence-electron chi connectivity index (χ4n) is 0.423. The Bertz CT molecular complexity index is 313. The molecule has 0 unspecified atom stereocenters. The molecule has 14 heavy (non-hydrogen) atoms. The molecule has 1 rings (SSSR count). The number of carbonyl (C=O) groups excluding carboxylic acids is 1. The third kappa shape index (κ3) is 11.0. The van der Waals surface area contributed by atoms with E-state index in [4.69, 9.17) is 25.0 Å². The first-order valence-corrected chi connectivity index (χ1v) is 5.48. The number of phosphoric acid groups is 1. The molecule has 0 atom stereocenters. The molecule has 0 aliphatic rings. The monoisotopic (exact) mass is 241 g/mol. The molecule has 1 aromatic rings. The number of thiazole rings is 1. The number of anilines is 1. The highest BCUT2D eigenvalue weighted by molar-refractivity contribution is 7.43. The minimum Gasteiger partial charge on any atom is -0.756 e. The summed E-state index contributed by atoms with van der Waals surface area (Å²) in [7, 11) is -4.89. The van der Waals surface area contributed by atoms with Crippen molar-refractivity contribution in [1.29, 1.82) is 0 Å². The summed E-state index contributed by atoms with van der Waals surface area (Å²) in [6, 6.07) is -0.547. The van der Waals surface area contributed by atoms with Gasteiger partial charge in [0.2, 0.25) is 0 Å². The quantitative estimate of drug-likeness (QED) is 0.441. The van der Waals surface area contributed by atoms with Gasteiger partial charge in [-0.05, 0) is 0 Å². The smallest absolute Gasteiger partial charge is 0.404 e. The first kappa shape index (κ1) is 13.0. The number of nitrogens with one attached hydrogen (secondary N) is 2. The molecule has 0 spiro atoms. The predicted octanol–water partition coefficient (Wildman–Crippen LogP) is -1.51. The third-order valence-electron chi connectivity index (χ3n) is 0.705. The number of amides is 2. The van der Waals surface area contributed by atoms with Crippen LogP contribution in [0.3, 0.4) is 0 Å². The fraction of sp³-hybridized carbons (Fsp3) is 0. The second kappa shape index (κ2) is 5.68. The van der Waals surface area contributed by atoms with E-state index in [0.717, 1.165) is 0 Å². The molecular formula is C4H8N3O5PS. The third-order valence-corrected chi connectivity index (χ3v) is 1.43. The summed E-state index contributed by atoms with van der Waals surface area (Å²) in [4.78, 5) is 35.9. The van der Waals surface area contributed by atoms with Crippen molar-refractivity contribution in [2.45, 2.75) is 0 Å². The lowest BCUT2D eigenvalue weighted by Gasteiger charge is -2.01. The molecule has 8 nitrogen and oxygen atoms in total. The standard InChI is InChI=1S/C4H5N3OS.H3O4P/c5-3(8)7-4-6-1-2-9-4;1-5(2,3)4/h1-2H,(H3,5,6,7,8);(H3,1,2,3,4). The van der Waals surface area contributed by atoms with Crippen molar-refractivity contribution in [3.05, 3.63) is 11.6 Å². The average Bonchev–Trinajstić information content (AvgIpc) is 2.33. The largest absolute Gasteiger partial charge is 0.756 e. The summed E-state index contributed by atoms with van der Waals surface area (Å²) in [6.07, 6.45) is 1.72. The highest BCUT2D eigenvalue weighted by Gasteiger charge is 2.03. The molecule has 0 saturated heterocycles. The van der Waals surface area contributed by atoms with Crippen molar-refractivity contribution in [2.75, 3.05) is 5.32 Å². The number of hydrogen-bond donors (Lipinski definition) is 4. The Kier molecular flexibility index (Phi) is 5.28. The van der Waals surface area contributed by atoms with Crippen molar-refractivity contribution < 1.29 is 29.0 Å². The van der Waals surface area contributed by atoms with Crippen molar-refractivity contribution in [3.8, 4) is 0 Å². The predicted molar refractivity (Wildman–Crippen MR) is 46.1 cm³/mol. The molecular weight excluding hydrogens is 233 g/mol. The Morgan fingerprint density at radius 2 is 2.21 bits per heavy atom. The first-order chi connectivity index (χ1) is 6.29. The highest BCUT2D eigenvalue weighted by Crippen LogP contribution is 2.18. The summed E-state index contributed by atoms with van der Waals surface area (Å²) in [5.41, 5.74) is 4.82. The van der Waals surface area contributed by atoms with Crippen LogP contribution in [0, 0.1) is 0 Å². The topological polar surface area (TPSA) is 150 Å². The molecule has 0 aliphatic carbocycles. The van der Waals surface area contributed by atoms with Crippen LogP contribution in [0.4, 0.5) is 9.93 Å². The van der Waals surface area contributed by atoms with E-state index in [1.54, 1.807) is 6.20 Å². The molecule has 6 N–H and O–H groups in total. The van der Waals surface area contributed by atoms with Crippen LogP contribution in [-0.2, 0) is 4.57 Å². The number of urea groups is 1. The van der Waals surface area contributed by atoms with Crippen molar-refractivity contribution in [2.24, 2.45) is 5.73 Å². The van der Waals surface area contributed by atoms with Gasteiger partial charge in [0.25, 0.3) is 7.82 Å². The van der Waals surface area contributed by atoms with Gasteiger partial charge in [0.15, 0.2) is 0 Å². The maximum Gasteiger partial charge on any atom is 0.404 e. The Morgan fingerprint density at radius 1 is 1.71 bits per heavy atom. The zero-order chi connectivity index (χ0) is 11.2. The van der Waals surface area contributed by atoms with Crippen LogP contribution in [-0.4, -0.2) is 15.8 Å². The second-order valence-corrected chi connectivity index (χ2v) is 3.77. The molecule has 10 heteroatoms. The fourth-order valence-corrected chi connectivity index (χ4v) is 0.991. The summed E-state index contributed by atoms with van der Waals surface area (Å²) in [5.74, 6) is 0. The van der Waals surface area contributed by atoms with E-state index >= 15 is 0 Å². The Labute approximate surface area is 82.6 Å². The first-order valence-electron chi connectivity index (χ1n) is 3.07. The Morgan fingerprint density at radius 3 is 2.50 bits per heavy atom. The number of rotatable bonds is 1. The normalized spacial score (nSPS) is 9.93. The number of hydrogen-bond acceptors (Lipinski definition) is 4. The van der Waals surface area contributed by atoms with E-state index in [1.807, 2.05) is 5.38 Å². The number of primary amides is 1. The lowest BCUT2D eigenvalue weighted by Crippen LogP contribution is -2.22. The van der Waals surface area contributed by atoms with Gasteiger partial charge in [0.05, 0.1) is 6.20 Å². The van der Waals surface area contributed by atoms with Crippen LogP contribution in [0.5, 0.6) is 0 Å². The van der Waals surface area contributed by atoms with Crippen LogP contribution in [0.2, 0.25) is 0 Å². The lowest BCUT2D eigenvalue weighted by molar-refractivity contribution is -0.354. The Balaban J connectivity index is 0.000000292. The summed E-state index contributed by atoms with van der Waals surface area (Å²) >= 11 is 1.38. The van der Waals surface area contributed by atoms with Crippen LogP contribution >= 0.6 is 19.2 Å². The van der Waals surface area contributed by atoms with Crippen LogP contribution in [0.1, 0.15) is 0 Å². The molecule has 1 aromatic heterocycles. The molecule has 1 heterocycles. The van der Waals surface area contributed by atoms with Gasteiger partial charge in [-0.1, -0.05) is 11.3 Å². The summed E-state index contributed by atoms with van der Waals surface area (Å²) in [5, 5.41) is 4.85. The van der Waals surface area contributed by atoms with E-state index < -0.39 is 13.9 Å². The Hall–Kier alpha value is -0.990. The van der Waals surface area contributed by atoms with E-state index in [1.165, 1.54) is 11.3 Å². The molecule has 2 amide bonds. The lowest BCUT2D eigenvalue weighted by atomic mass is 10.9. The molecule has 80 valence electrons. The average molecular weight is 241 g/mol. The van der Waals surface area contributed by atoms with Crippen molar-refractivity contribution in [1.82, 2.24) is 0 Å². The number of H-pyrrole nitrogens is 1. The zero-order valence-electron chi connectivity index (χ0n) is 6.71. The maximum absolute atomic E-state index is 10.2. The van der Waals surface area contributed by atoms with Gasteiger partial charge >= 0.3 is 11.2 Å².